The quantitative estimate of drug-likeness (QED) is 0.415. The Morgan fingerprint density at radius 2 is 1.79 bits per heavy atom. The van der Waals surface area contributed by atoms with Crippen LogP contribution in [-0.2, 0) is 4.79 Å². The molecule has 4 rings (SSSR count). The molecule has 0 saturated heterocycles. The third kappa shape index (κ3) is 5.04. The van der Waals surface area contributed by atoms with E-state index < -0.39 is 11.2 Å². The van der Waals surface area contributed by atoms with Crippen LogP contribution in [0.5, 0.6) is 5.75 Å². The molecule has 2 N–H and O–H groups in total. The number of carbonyl (C=O) groups excluding carboxylic acids is 1. The monoisotopic (exact) mass is 457 g/mol. The van der Waals surface area contributed by atoms with Crippen molar-refractivity contribution in [2.45, 2.75) is 0 Å². The van der Waals surface area contributed by atoms with E-state index in [1.54, 1.807) is 48.5 Å². The number of amides is 1. The Labute approximate surface area is 194 Å². The van der Waals surface area contributed by atoms with E-state index in [4.69, 9.17) is 4.74 Å². The van der Waals surface area contributed by atoms with Gasteiger partial charge in [-0.3, -0.25) is 9.59 Å². The third-order valence-electron chi connectivity index (χ3n) is 5.03. The molecule has 172 valence electrons. The van der Waals surface area contributed by atoms with Gasteiger partial charge in [0.1, 0.15) is 5.75 Å². The molecule has 0 saturated carbocycles. The van der Waals surface area contributed by atoms with Gasteiger partial charge in [0.2, 0.25) is 0 Å². The molecule has 0 spiro atoms. The molecule has 34 heavy (non-hydrogen) atoms. The molecule has 0 radical (unpaired) electrons. The van der Waals surface area contributed by atoms with Gasteiger partial charge < -0.3 is 19.9 Å². The number of anilines is 2. The zero-order valence-electron chi connectivity index (χ0n) is 18.7. The Balaban J connectivity index is 1.61. The largest absolute Gasteiger partial charge is 0.483 e. The molecular formula is C25H23N5O4. The zero-order chi connectivity index (χ0) is 24.1. The maximum Gasteiger partial charge on any atom is 0.349 e. The highest BCUT2D eigenvalue weighted by molar-refractivity contribution is 5.92. The summed E-state index contributed by atoms with van der Waals surface area (Å²) in [7, 11) is 3.76. The van der Waals surface area contributed by atoms with Gasteiger partial charge in [-0.1, -0.05) is 30.3 Å². The van der Waals surface area contributed by atoms with Crippen LogP contribution in [0, 0.1) is 0 Å². The normalized spacial score (nSPS) is 11.0. The van der Waals surface area contributed by atoms with E-state index in [1.807, 2.05) is 43.3 Å². The number of para-hydroxylation sites is 2. The Morgan fingerprint density at radius 1 is 1.06 bits per heavy atom. The van der Waals surface area contributed by atoms with Gasteiger partial charge in [-0.2, -0.15) is 5.10 Å². The molecule has 1 amide bonds. The first kappa shape index (κ1) is 22.5. The highest BCUT2D eigenvalue weighted by Crippen LogP contribution is 2.24. The highest BCUT2D eigenvalue weighted by atomic mass is 16.5. The lowest BCUT2D eigenvalue weighted by Gasteiger charge is -2.16. The lowest BCUT2D eigenvalue weighted by molar-refractivity contribution is -0.118. The summed E-state index contributed by atoms with van der Waals surface area (Å²) in [4.78, 5) is 42.0. The number of benzene rings is 3. The molecule has 0 unspecified atom stereocenters. The van der Waals surface area contributed by atoms with Gasteiger partial charge in [0.15, 0.2) is 6.61 Å². The lowest BCUT2D eigenvalue weighted by Crippen LogP contribution is -2.32. The van der Waals surface area contributed by atoms with Gasteiger partial charge in [0.05, 0.1) is 17.1 Å². The Bertz CT molecular complexity index is 1470. The summed E-state index contributed by atoms with van der Waals surface area (Å²) >= 11 is 0. The van der Waals surface area contributed by atoms with Gasteiger partial charge >= 0.3 is 5.69 Å². The van der Waals surface area contributed by atoms with Crippen molar-refractivity contribution < 1.29 is 9.53 Å². The molecule has 0 atom stereocenters. The second-order valence-corrected chi connectivity index (χ2v) is 7.66. The van der Waals surface area contributed by atoms with E-state index in [0.717, 1.165) is 10.4 Å². The summed E-state index contributed by atoms with van der Waals surface area (Å²) in [5, 5.41) is 7.20. The molecule has 3 aromatic carbocycles. The molecule has 0 aliphatic carbocycles. The van der Waals surface area contributed by atoms with Crippen LogP contribution in [0.15, 0.2) is 87.5 Å². The average molecular weight is 457 g/mol. The number of nitrogens with zero attached hydrogens (tertiary/aromatic N) is 3. The number of nitrogens with one attached hydrogen (secondary N) is 2. The van der Waals surface area contributed by atoms with Gasteiger partial charge in [-0.25, -0.2) is 4.79 Å². The highest BCUT2D eigenvalue weighted by Gasteiger charge is 2.10. The predicted molar refractivity (Wildman–Crippen MR) is 133 cm³/mol. The molecule has 0 fully saturated rings. The molecule has 4 aromatic rings. The zero-order valence-corrected chi connectivity index (χ0v) is 18.7. The molecule has 0 aliphatic heterocycles. The summed E-state index contributed by atoms with van der Waals surface area (Å²) in [5.74, 6) is 0.0509. The van der Waals surface area contributed by atoms with E-state index in [1.165, 1.54) is 6.21 Å². The number of H-pyrrole nitrogens is 1. The first-order chi connectivity index (χ1) is 16.4. The third-order valence-corrected chi connectivity index (χ3v) is 5.03. The summed E-state index contributed by atoms with van der Waals surface area (Å²) in [6.07, 6.45) is 1.36. The van der Waals surface area contributed by atoms with Crippen LogP contribution in [0.2, 0.25) is 0 Å². The van der Waals surface area contributed by atoms with Crippen molar-refractivity contribution in [2.75, 3.05) is 30.9 Å². The molecule has 0 aliphatic rings. The van der Waals surface area contributed by atoms with Crippen LogP contribution >= 0.6 is 0 Å². The number of hydrogen-bond acceptors (Lipinski definition) is 6. The first-order valence-corrected chi connectivity index (χ1v) is 10.5. The van der Waals surface area contributed by atoms with Crippen molar-refractivity contribution >= 4 is 34.4 Å². The van der Waals surface area contributed by atoms with Crippen molar-refractivity contribution in [1.29, 1.82) is 0 Å². The van der Waals surface area contributed by atoms with Crippen molar-refractivity contribution in [2.24, 2.45) is 5.10 Å². The Morgan fingerprint density at radius 3 is 2.56 bits per heavy atom. The molecule has 9 nitrogen and oxygen atoms in total. The summed E-state index contributed by atoms with van der Waals surface area (Å²) in [5.41, 5.74) is 1.25. The van der Waals surface area contributed by atoms with Crippen LogP contribution in [0.1, 0.15) is 5.56 Å². The fourth-order valence-corrected chi connectivity index (χ4v) is 3.27. The lowest BCUT2D eigenvalue weighted by atomic mass is 10.2. The molecule has 1 heterocycles. The minimum Gasteiger partial charge on any atom is -0.483 e. The SMILES string of the molecule is CN(C)c1ccc(C=Nn2c(=O)[nH]c3ccccc3c2=O)c(OCC(=O)Nc2ccccc2)c1. The van der Waals surface area contributed by atoms with E-state index in [9.17, 15) is 14.4 Å². The van der Waals surface area contributed by atoms with Crippen LogP contribution < -0.4 is 26.2 Å². The maximum atomic E-state index is 12.7. The first-order valence-electron chi connectivity index (χ1n) is 10.5. The summed E-state index contributed by atoms with van der Waals surface area (Å²) in [6, 6.07) is 21.1. The van der Waals surface area contributed by atoms with Crippen LogP contribution in [0.3, 0.4) is 0 Å². The Kier molecular flexibility index (Phi) is 6.54. The van der Waals surface area contributed by atoms with Crippen LogP contribution in [-0.4, -0.2) is 42.5 Å². The number of fused-ring (bicyclic) bond motifs is 1. The van der Waals surface area contributed by atoms with Crippen LogP contribution in [0.4, 0.5) is 11.4 Å². The predicted octanol–water partition coefficient (Wildman–Crippen LogP) is 2.66. The molecular weight excluding hydrogens is 434 g/mol. The van der Waals surface area contributed by atoms with Crippen molar-refractivity contribution in [1.82, 2.24) is 9.66 Å². The second kappa shape index (κ2) is 9.86. The van der Waals surface area contributed by atoms with Gasteiger partial charge in [0.25, 0.3) is 11.5 Å². The smallest absolute Gasteiger partial charge is 0.349 e. The minimum absolute atomic E-state index is 0.233. The average Bonchev–Trinajstić information content (AvgIpc) is 2.83. The van der Waals surface area contributed by atoms with E-state index in [2.05, 4.69) is 15.4 Å². The van der Waals surface area contributed by atoms with Gasteiger partial charge in [0, 0.05) is 37.1 Å². The standard InChI is InChI=1S/C25H23N5O4/c1-29(2)19-13-12-17(22(14-19)34-16-23(31)27-18-8-4-3-5-9-18)15-26-30-24(32)20-10-6-7-11-21(20)28-25(30)33/h3-15H,16H2,1-2H3,(H,27,31)(H,28,33). The Hall–Kier alpha value is -4.66. The number of aromatic nitrogens is 2. The van der Waals surface area contributed by atoms with Gasteiger partial charge in [-0.15, -0.1) is 4.68 Å². The van der Waals surface area contributed by atoms with E-state index in [0.29, 0.717) is 27.9 Å². The van der Waals surface area contributed by atoms with E-state index >= 15 is 0 Å². The summed E-state index contributed by atoms with van der Waals surface area (Å²) in [6.45, 7) is -0.233. The van der Waals surface area contributed by atoms with Crippen molar-refractivity contribution in [3.63, 3.8) is 0 Å². The molecule has 1 aromatic heterocycles. The maximum absolute atomic E-state index is 12.7. The molecule has 9 heteroatoms. The minimum atomic E-state index is -0.658. The van der Waals surface area contributed by atoms with Gasteiger partial charge in [-0.05, 0) is 36.4 Å². The number of hydrogen-bond donors (Lipinski definition) is 2. The van der Waals surface area contributed by atoms with Crippen molar-refractivity contribution in [3.8, 4) is 5.75 Å². The fraction of sp³-hybridized carbons (Fsp3) is 0.120. The summed E-state index contributed by atoms with van der Waals surface area (Å²) < 4.78 is 6.54. The number of aromatic amines is 1. The second-order valence-electron chi connectivity index (χ2n) is 7.66. The fourth-order valence-electron chi connectivity index (χ4n) is 3.27. The van der Waals surface area contributed by atoms with Crippen molar-refractivity contribution in [3.05, 3.63) is 99.2 Å². The van der Waals surface area contributed by atoms with Crippen LogP contribution in [0.25, 0.3) is 10.9 Å². The number of carbonyl (C=O) groups is 1. The number of ether oxygens (including phenoxy) is 1. The topological polar surface area (TPSA) is 109 Å². The number of rotatable bonds is 7. The van der Waals surface area contributed by atoms with E-state index in [-0.39, 0.29) is 12.5 Å². The molecule has 0 bridgehead atoms.